The number of benzene rings is 1. The Balaban J connectivity index is 2.55. The van der Waals surface area contributed by atoms with Crippen molar-refractivity contribution in [1.82, 2.24) is 4.90 Å². The maximum Gasteiger partial charge on any atom is 0.255 e. The molecule has 1 saturated heterocycles. The minimum atomic E-state index is -4.35. The minimum Gasteiger partial charge on any atom is -0.339 e. The summed E-state index contributed by atoms with van der Waals surface area (Å²) < 4.78 is 36.8. The van der Waals surface area contributed by atoms with Crippen LogP contribution in [0.1, 0.15) is 29.6 Å². The maximum atomic E-state index is 13.8. The average Bonchev–Trinajstić information content (AvgIpc) is 2.42. The zero-order valence-electron chi connectivity index (χ0n) is 10.9. The third-order valence-corrected chi connectivity index (χ3v) is 5.24. The summed E-state index contributed by atoms with van der Waals surface area (Å²) in [5, 5.41) is 3.83. The van der Waals surface area contributed by atoms with Gasteiger partial charge >= 0.3 is 0 Å². The number of hydrogen-bond acceptors (Lipinski definition) is 3. The third kappa shape index (κ3) is 3.31. The molecule has 9 heteroatoms. The molecule has 21 heavy (non-hydrogen) atoms. The van der Waals surface area contributed by atoms with Crippen LogP contribution in [0, 0.1) is 5.82 Å². The minimum absolute atomic E-state index is 0.246. The highest BCUT2D eigenvalue weighted by atomic mass is 35.5. The first-order valence-corrected chi connectivity index (χ1v) is 8.53. The summed E-state index contributed by atoms with van der Waals surface area (Å²) in [5.41, 5.74) is -0.246. The van der Waals surface area contributed by atoms with Gasteiger partial charge in [0, 0.05) is 13.1 Å². The van der Waals surface area contributed by atoms with Gasteiger partial charge in [-0.05, 0) is 25.3 Å². The third-order valence-electron chi connectivity index (χ3n) is 3.27. The maximum absolute atomic E-state index is 13.8. The molecule has 116 valence electrons. The Bertz CT molecular complexity index is 688. The van der Waals surface area contributed by atoms with Crippen molar-refractivity contribution in [3.8, 4) is 0 Å². The lowest BCUT2D eigenvalue weighted by atomic mass is 10.1. The fraction of sp³-hybridized carbons (Fsp3) is 0.417. The van der Waals surface area contributed by atoms with Crippen molar-refractivity contribution < 1.29 is 17.6 Å². The molecular weight excluding hydrogens is 342 g/mol. The summed E-state index contributed by atoms with van der Waals surface area (Å²) in [5.74, 6) is -1.58. The number of nitrogens with two attached hydrogens (primary N) is 1. The van der Waals surface area contributed by atoms with Gasteiger partial charge in [0.25, 0.3) is 5.91 Å². The number of carbonyl (C=O) groups excluding carboxylic acids is 1. The van der Waals surface area contributed by atoms with E-state index in [1.54, 1.807) is 0 Å². The predicted molar refractivity (Wildman–Crippen MR) is 77.5 cm³/mol. The van der Waals surface area contributed by atoms with Crippen LogP contribution in [0.4, 0.5) is 4.39 Å². The lowest BCUT2D eigenvalue weighted by Crippen LogP contribution is -2.36. The van der Waals surface area contributed by atoms with Gasteiger partial charge in [-0.1, -0.05) is 23.2 Å². The van der Waals surface area contributed by atoms with E-state index >= 15 is 0 Å². The van der Waals surface area contributed by atoms with Crippen LogP contribution in [0.25, 0.3) is 0 Å². The van der Waals surface area contributed by atoms with Gasteiger partial charge in [-0.3, -0.25) is 4.79 Å². The number of likely N-dealkylation sites (tertiary alicyclic amines) is 1. The number of nitrogens with zero attached hydrogens (tertiary/aromatic N) is 1. The number of piperidine rings is 1. The van der Waals surface area contributed by atoms with Gasteiger partial charge in [0.05, 0.1) is 15.6 Å². The standard InChI is InChI=1S/C12H13Cl2FN2O3S/c13-9-7(12(18)17-4-2-1-3-5-17)6-8(15)10(14)11(9)21(16,19)20/h6H,1-5H2,(H2,16,19,20). The van der Waals surface area contributed by atoms with E-state index in [0.29, 0.717) is 13.1 Å². The summed E-state index contributed by atoms with van der Waals surface area (Å²) in [6.07, 6.45) is 2.68. The van der Waals surface area contributed by atoms with E-state index in [-0.39, 0.29) is 5.56 Å². The molecule has 0 saturated carbocycles. The Kier molecular flexibility index (Phi) is 4.77. The summed E-state index contributed by atoms with van der Waals surface area (Å²) in [6, 6.07) is 0.844. The molecule has 0 unspecified atom stereocenters. The molecule has 0 aliphatic carbocycles. The second kappa shape index (κ2) is 6.08. The van der Waals surface area contributed by atoms with E-state index in [4.69, 9.17) is 28.3 Å². The van der Waals surface area contributed by atoms with E-state index in [1.807, 2.05) is 0 Å². The van der Waals surface area contributed by atoms with Crippen molar-refractivity contribution in [2.24, 2.45) is 5.14 Å². The summed E-state index contributed by atoms with van der Waals surface area (Å²) >= 11 is 11.5. The highest BCUT2D eigenvalue weighted by Crippen LogP contribution is 2.34. The van der Waals surface area contributed by atoms with Crippen LogP contribution in [0.15, 0.2) is 11.0 Å². The molecule has 0 aromatic heterocycles. The normalized spacial score (nSPS) is 16.1. The van der Waals surface area contributed by atoms with Gasteiger partial charge in [0.1, 0.15) is 10.7 Å². The molecule has 1 aromatic carbocycles. The van der Waals surface area contributed by atoms with Gasteiger partial charge in [-0.15, -0.1) is 0 Å². The Morgan fingerprint density at radius 1 is 1.19 bits per heavy atom. The average molecular weight is 355 g/mol. The van der Waals surface area contributed by atoms with Crippen molar-refractivity contribution in [2.75, 3.05) is 13.1 Å². The zero-order valence-corrected chi connectivity index (χ0v) is 13.2. The van der Waals surface area contributed by atoms with Gasteiger partial charge in [-0.2, -0.15) is 0 Å². The Morgan fingerprint density at radius 2 is 1.76 bits per heavy atom. The second-order valence-corrected chi connectivity index (χ2v) is 7.02. The summed E-state index contributed by atoms with van der Waals surface area (Å²) in [7, 11) is -4.35. The van der Waals surface area contributed by atoms with Crippen LogP contribution >= 0.6 is 23.2 Å². The smallest absolute Gasteiger partial charge is 0.255 e. The number of primary sulfonamides is 1. The van der Waals surface area contributed by atoms with E-state index in [1.165, 1.54) is 4.90 Å². The van der Waals surface area contributed by atoms with Crippen molar-refractivity contribution in [3.05, 3.63) is 27.5 Å². The molecule has 0 spiro atoms. The number of halogens is 3. The van der Waals surface area contributed by atoms with E-state index < -0.39 is 36.7 Å². The molecule has 0 bridgehead atoms. The first kappa shape index (κ1) is 16.5. The number of rotatable bonds is 2. The molecule has 2 rings (SSSR count). The Hall–Kier alpha value is -0.890. The Labute approximate surface area is 131 Å². The second-order valence-electron chi connectivity index (χ2n) is 4.76. The van der Waals surface area contributed by atoms with E-state index in [0.717, 1.165) is 25.3 Å². The van der Waals surface area contributed by atoms with Crippen molar-refractivity contribution in [2.45, 2.75) is 24.2 Å². The van der Waals surface area contributed by atoms with Crippen LogP contribution in [-0.2, 0) is 10.0 Å². The Morgan fingerprint density at radius 3 is 2.29 bits per heavy atom. The molecule has 5 nitrogen and oxygen atoms in total. The molecule has 1 fully saturated rings. The molecule has 1 amide bonds. The molecule has 0 radical (unpaired) electrons. The van der Waals surface area contributed by atoms with E-state index in [2.05, 4.69) is 0 Å². The zero-order chi connectivity index (χ0) is 15.8. The molecule has 0 atom stereocenters. The van der Waals surface area contributed by atoms with Crippen LogP contribution < -0.4 is 5.14 Å². The van der Waals surface area contributed by atoms with Crippen LogP contribution in [0.5, 0.6) is 0 Å². The molecule has 1 heterocycles. The quantitative estimate of drug-likeness (QED) is 0.828. The number of hydrogen-bond donors (Lipinski definition) is 1. The number of amides is 1. The monoisotopic (exact) mass is 354 g/mol. The molecular formula is C12H13Cl2FN2O3S. The fourth-order valence-corrected chi connectivity index (χ4v) is 4.03. The lowest BCUT2D eigenvalue weighted by molar-refractivity contribution is 0.0724. The molecule has 1 aromatic rings. The SMILES string of the molecule is NS(=O)(=O)c1c(Cl)c(F)cc(C(=O)N2CCCCC2)c1Cl. The fourth-order valence-electron chi connectivity index (χ4n) is 2.25. The number of sulfonamides is 1. The first-order valence-electron chi connectivity index (χ1n) is 6.23. The van der Waals surface area contributed by atoms with Crippen LogP contribution in [0.2, 0.25) is 10.0 Å². The highest BCUT2D eigenvalue weighted by molar-refractivity contribution is 7.89. The van der Waals surface area contributed by atoms with Crippen molar-refractivity contribution >= 4 is 39.1 Å². The molecule has 2 N–H and O–H groups in total. The van der Waals surface area contributed by atoms with Gasteiger partial charge in [0.2, 0.25) is 10.0 Å². The highest BCUT2D eigenvalue weighted by Gasteiger charge is 2.29. The predicted octanol–water partition coefficient (Wildman–Crippen LogP) is 2.41. The van der Waals surface area contributed by atoms with Crippen LogP contribution in [0.3, 0.4) is 0 Å². The first-order chi connectivity index (χ1) is 9.73. The van der Waals surface area contributed by atoms with Gasteiger partial charge in [0.15, 0.2) is 0 Å². The molecule has 1 aliphatic rings. The van der Waals surface area contributed by atoms with Gasteiger partial charge < -0.3 is 4.90 Å². The van der Waals surface area contributed by atoms with Crippen molar-refractivity contribution in [3.63, 3.8) is 0 Å². The van der Waals surface area contributed by atoms with Gasteiger partial charge in [-0.25, -0.2) is 17.9 Å². The van der Waals surface area contributed by atoms with Crippen molar-refractivity contribution in [1.29, 1.82) is 0 Å². The summed E-state index contributed by atoms with van der Waals surface area (Å²) in [6.45, 7) is 1.04. The summed E-state index contributed by atoms with van der Waals surface area (Å²) in [4.78, 5) is 13.1. The largest absolute Gasteiger partial charge is 0.339 e. The molecule has 1 aliphatic heterocycles. The lowest BCUT2D eigenvalue weighted by Gasteiger charge is -2.27. The topological polar surface area (TPSA) is 80.5 Å². The van der Waals surface area contributed by atoms with Crippen LogP contribution in [-0.4, -0.2) is 32.3 Å². The van der Waals surface area contributed by atoms with E-state index in [9.17, 15) is 17.6 Å². The number of carbonyl (C=O) groups is 1.